The topological polar surface area (TPSA) is 12.0 Å². The molecule has 0 atom stereocenters. The molecule has 0 aromatic rings. The molecule has 0 aromatic carbocycles. The Hall–Kier alpha value is 0.0249. The van der Waals surface area contributed by atoms with Crippen LogP contribution >= 0.6 is 0 Å². The molecule has 78 valence electrons. The molecule has 1 nitrogen and oxygen atoms in total. The summed E-state index contributed by atoms with van der Waals surface area (Å²) in [5.41, 5.74) is -0.0136. The van der Waals surface area contributed by atoms with Gasteiger partial charge in [0.2, 0.25) is 0 Å². The summed E-state index contributed by atoms with van der Waals surface area (Å²) in [5, 5.41) is 3.71. The Morgan fingerprint density at radius 3 is 2.07 bits per heavy atom. The average Bonchev–Trinajstić information content (AvgIpc) is 2.19. The van der Waals surface area contributed by atoms with E-state index in [2.05, 4.69) is 5.32 Å². The highest BCUT2D eigenvalue weighted by Crippen LogP contribution is 2.28. The van der Waals surface area contributed by atoms with Gasteiger partial charge in [0, 0.05) is 6.04 Å². The third-order valence-corrected chi connectivity index (χ3v) is 3.84. The first-order valence-corrected chi connectivity index (χ1v) is 6.35. The lowest BCUT2D eigenvalue weighted by Gasteiger charge is -2.40. The quantitative estimate of drug-likeness (QED) is 0.661. The van der Waals surface area contributed by atoms with E-state index in [1.54, 1.807) is 0 Å². The smallest absolute Gasteiger partial charge is 0.0953 e. The van der Waals surface area contributed by atoms with Crippen molar-refractivity contribution in [3.8, 4) is 0 Å². The van der Waals surface area contributed by atoms with Crippen LogP contribution in [0.15, 0.2) is 0 Å². The zero-order valence-electron chi connectivity index (χ0n) is 9.23. The lowest BCUT2D eigenvalue weighted by Crippen LogP contribution is -2.52. The second kappa shape index (κ2) is 4.70. The molecule has 14 heavy (non-hydrogen) atoms. The van der Waals surface area contributed by atoms with Crippen molar-refractivity contribution in [1.29, 1.82) is 0 Å². The highest BCUT2D eigenvalue weighted by molar-refractivity contribution is 6.15. The Balaban J connectivity index is 1.81. The van der Waals surface area contributed by atoms with E-state index in [0.717, 1.165) is 0 Å². The molecule has 2 heteroatoms. The molecule has 0 unspecified atom stereocenters. The lowest BCUT2D eigenvalue weighted by molar-refractivity contribution is 0.260. The van der Waals surface area contributed by atoms with E-state index in [1.165, 1.54) is 64.2 Å². The van der Waals surface area contributed by atoms with Crippen LogP contribution < -0.4 is 5.32 Å². The monoisotopic (exact) mass is 191 g/mol. The minimum atomic E-state index is -0.0136. The third kappa shape index (κ3) is 2.76. The molecule has 2 aliphatic rings. The zero-order valence-corrected chi connectivity index (χ0v) is 9.23. The number of nitrogens with one attached hydrogen (secondary N) is 1. The van der Waals surface area contributed by atoms with E-state index >= 15 is 0 Å². The molecule has 2 saturated carbocycles. The second-order valence-corrected chi connectivity index (χ2v) is 5.20. The van der Waals surface area contributed by atoms with Crippen molar-refractivity contribution in [2.24, 2.45) is 0 Å². The van der Waals surface area contributed by atoms with Gasteiger partial charge in [0.1, 0.15) is 0 Å². The minimum absolute atomic E-state index is 0.0136. The zero-order chi connectivity index (χ0) is 9.86. The van der Waals surface area contributed by atoms with E-state index < -0.39 is 0 Å². The van der Waals surface area contributed by atoms with Crippen molar-refractivity contribution in [3.63, 3.8) is 0 Å². The van der Waals surface area contributed by atoms with E-state index in [-0.39, 0.29) is 5.44 Å². The predicted octanol–water partition coefficient (Wildman–Crippen LogP) is 2.74. The fourth-order valence-corrected chi connectivity index (χ4v) is 2.98. The van der Waals surface area contributed by atoms with Crippen LogP contribution in [0.5, 0.6) is 0 Å². The first-order valence-electron chi connectivity index (χ1n) is 6.35. The first-order chi connectivity index (χ1) is 6.79. The molecule has 0 saturated heterocycles. The van der Waals surface area contributed by atoms with Gasteiger partial charge in [0.25, 0.3) is 0 Å². The van der Waals surface area contributed by atoms with Gasteiger partial charge < -0.3 is 5.32 Å². The maximum Gasteiger partial charge on any atom is 0.0953 e. The van der Waals surface area contributed by atoms with Gasteiger partial charge in [-0.25, -0.2) is 0 Å². The highest BCUT2D eigenvalue weighted by atomic mass is 15.0. The molecule has 0 heterocycles. The standard InChI is InChI=1S/C12H22BN/c13-12(9-5-2-6-10-12)14-11-7-3-1-4-8-11/h11,14H,1-10H2. The van der Waals surface area contributed by atoms with Crippen LogP contribution in [-0.2, 0) is 0 Å². The lowest BCUT2D eigenvalue weighted by atomic mass is 9.66. The molecule has 1 N–H and O–H groups in total. The van der Waals surface area contributed by atoms with Crippen molar-refractivity contribution < 1.29 is 0 Å². The van der Waals surface area contributed by atoms with E-state index in [0.29, 0.717) is 6.04 Å². The van der Waals surface area contributed by atoms with E-state index in [9.17, 15) is 0 Å². The Kier molecular flexibility index (Phi) is 3.54. The van der Waals surface area contributed by atoms with Gasteiger partial charge >= 0.3 is 0 Å². The summed E-state index contributed by atoms with van der Waals surface area (Å²) in [7, 11) is 6.38. The summed E-state index contributed by atoms with van der Waals surface area (Å²) >= 11 is 0. The first kappa shape index (κ1) is 10.5. The normalized spacial score (nSPS) is 28.9. The van der Waals surface area contributed by atoms with Crippen LogP contribution in [0.3, 0.4) is 0 Å². The SMILES string of the molecule is [B]C1(NC2CCCCC2)CCCCC1. The number of hydrogen-bond acceptors (Lipinski definition) is 1. The molecule has 2 rings (SSSR count). The molecule has 0 bridgehead atoms. The summed E-state index contributed by atoms with van der Waals surface area (Å²) in [5.74, 6) is 0. The summed E-state index contributed by atoms with van der Waals surface area (Å²) in [6.45, 7) is 0. The Morgan fingerprint density at radius 1 is 0.857 bits per heavy atom. The fourth-order valence-electron chi connectivity index (χ4n) is 2.98. The Labute approximate surface area is 89.4 Å². The highest BCUT2D eigenvalue weighted by Gasteiger charge is 2.28. The van der Waals surface area contributed by atoms with Gasteiger partial charge in [-0.2, -0.15) is 0 Å². The maximum absolute atomic E-state index is 6.38. The molecule has 0 aliphatic heterocycles. The van der Waals surface area contributed by atoms with Gasteiger partial charge in [-0.3, -0.25) is 0 Å². The maximum atomic E-state index is 6.38. The van der Waals surface area contributed by atoms with Gasteiger partial charge in [-0.15, -0.1) is 0 Å². The molecular weight excluding hydrogens is 169 g/mol. The summed E-state index contributed by atoms with van der Waals surface area (Å²) in [6, 6.07) is 0.715. The van der Waals surface area contributed by atoms with Gasteiger partial charge in [0.15, 0.2) is 0 Å². The largest absolute Gasteiger partial charge is 0.317 e. The van der Waals surface area contributed by atoms with Crippen LogP contribution in [-0.4, -0.2) is 19.3 Å². The summed E-state index contributed by atoms with van der Waals surface area (Å²) in [4.78, 5) is 0. The van der Waals surface area contributed by atoms with E-state index in [1.807, 2.05) is 0 Å². The number of hydrogen-bond donors (Lipinski definition) is 1. The van der Waals surface area contributed by atoms with Crippen LogP contribution in [0.1, 0.15) is 64.2 Å². The molecule has 0 spiro atoms. The van der Waals surface area contributed by atoms with Crippen LogP contribution in [0, 0.1) is 0 Å². The van der Waals surface area contributed by atoms with Crippen LogP contribution in [0.4, 0.5) is 0 Å². The van der Waals surface area contributed by atoms with Gasteiger partial charge in [-0.05, 0) is 31.1 Å². The summed E-state index contributed by atoms with van der Waals surface area (Å²) < 4.78 is 0. The summed E-state index contributed by atoms with van der Waals surface area (Å²) in [6.07, 6.45) is 13.3. The average molecular weight is 191 g/mol. The second-order valence-electron chi connectivity index (χ2n) is 5.20. The van der Waals surface area contributed by atoms with Crippen molar-refractivity contribution in [3.05, 3.63) is 0 Å². The predicted molar refractivity (Wildman–Crippen MR) is 61.6 cm³/mol. The van der Waals surface area contributed by atoms with E-state index in [4.69, 9.17) is 7.85 Å². The van der Waals surface area contributed by atoms with Crippen molar-refractivity contribution in [1.82, 2.24) is 5.32 Å². The molecular formula is C12H22BN. The minimum Gasteiger partial charge on any atom is -0.317 e. The van der Waals surface area contributed by atoms with Gasteiger partial charge in [-0.1, -0.05) is 38.5 Å². The van der Waals surface area contributed by atoms with Crippen molar-refractivity contribution in [2.45, 2.75) is 75.7 Å². The molecule has 2 aliphatic carbocycles. The molecule has 2 fully saturated rings. The Morgan fingerprint density at radius 2 is 1.43 bits per heavy atom. The van der Waals surface area contributed by atoms with Crippen molar-refractivity contribution >= 4 is 7.85 Å². The third-order valence-electron chi connectivity index (χ3n) is 3.84. The van der Waals surface area contributed by atoms with Crippen molar-refractivity contribution in [2.75, 3.05) is 0 Å². The molecule has 0 aromatic heterocycles. The van der Waals surface area contributed by atoms with Crippen LogP contribution in [0.2, 0.25) is 0 Å². The Bertz CT molecular complexity index is 169. The fraction of sp³-hybridized carbons (Fsp3) is 1.00. The van der Waals surface area contributed by atoms with Crippen LogP contribution in [0.25, 0.3) is 0 Å². The van der Waals surface area contributed by atoms with Gasteiger partial charge in [0.05, 0.1) is 7.85 Å². The number of rotatable bonds is 2. The molecule has 2 radical (unpaired) electrons. The molecule has 0 amide bonds.